The monoisotopic (exact) mass is 400 g/mol. The number of benzene rings is 2. The zero-order valence-corrected chi connectivity index (χ0v) is 16.0. The van der Waals surface area contributed by atoms with Gasteiger partial charge in [0, 0.05) is 23.9 Å². The van der Waals surface area contributed by atoms with Gasteiger partial charge in [-0.3, -0.25) is 0 Å². The van der Waals surface area contributed by atoms with Crippen LogP contribution in [-0.4, -0.2) is 31.3 Å². The molecule has 2 aromatic carbocycles. The summed E-state index contributed by atoms with van der Waals surface area (Å²) in [6.07, 6.45) is 1.93. The highest BCUT2D eigenvalue weighted by Gasteiger charge is 2.34. The maximum absolute atomic E-state index is 14.4. The summed E-state index contributed by atoms with van der Waals surface area (Å²) in [4.78, 5) is 3.14. The van der Waals surface area contributed by atoms with E-state index in [0.717, 1.165) is 62.0 Å². The predicted molar refractivity (Wildman–Crippen MR) is 106 cm³/mol. The van der Waals surface area contributed by atoms with E-state index < -0.39 is 11.6 Å². The molecule has 2 aliphatic rings. The van der Waals surface area contributed by atoms with Crippen LogP contribution in [0.25, 0.3) is 22.2 Å². The van der Waals surface area contributed by atoms with E-state index in [-0.39, 0.29) is 11.7 Å². The number of ether oxygens (including phenoxy) is 1. The highest BCUT2D eigenvalue weighted by atomic mass is 19.1. The zero-order valence-electron chi connectivity index (χ0n) is 16.0. The number of rotatable bonds is 6. The molecule has 3 nitrogen and oxygen atoms in total. The van der Waals surface area contributed by atoms with Crippen molar-refractivity contribution < 1.29 is 17.9 Å². The number of nitrogens with one attached hydrogen (secondary N) is 2. The molecular weight excluding hydrogens is 377 g/mol. The minimum Gasteiger partial charge on any atom is -0.381 e. The molecule has 0 spiro atoms. The van der Waals surface area contributed by atoms with Gasteiger partial charge < -0.3 is 15.0 Å². The van der Waals surface area contributed by atoms with Crippen LogP contribution < -0.4 is 5.32 Å². The summed E-state index contributed by atoms with van der Waals surface area (Å²) in [6, 6.07) is 8.43. The minimum absolute atomic E-state index is 0.226. The van der Waals surface area contributed by atoms with Gasteiger partial charge >= 0.3 is 0 Å². The van der Waals surface area contributed by atoms with E-state index >= 15 is 0 Å². The number of H-pyrrole nitrogens is 1. The number of aromatic nitrogens is 1. The smallest absolute Gasteiger partial charge is 0.150 e. The van der Waals surface area contributed by atoms with Gasteiger partial charge in [0.25, 0.3) is 0 Å². The van der Waals surface area contributed by atoms with Gasteiger partial charge in [0.05, 0.1) is 24.4 Å². The molecule has 29 heavy (non-hydrogen) atoms. The second-order valence-electron chi connectivity index (χ2n) is 8.33. The van der Waals surface area contributed by atoms with Crippen molar-refractivity contribution in [1.29, 1.82) is 0 Å². The SMILES string of the molecule is Fc1ccc(-c2[nH]c3c(F)cc(F)cc3c2C2CC(CNCC3COC3)C2)cc1. The van der Waals surface area contributed by atoms with E-state index in [2.05, 4.69) is 10.3 Å². The highest BCUT2D eigenvalue weighted by molar-refractivity contribution is 5.92. The number of hydrogen-bond acceptors (Lipinski definition) is 2. The van der Waals surface area contributed by atoms with Gasteiger partial charge in [0.15, 0.2) is 0 Å². The molecule has 2 heterocycles. The molecule has 0 unspecified atom stereocenters. The van der Waals surface area contributed by atoms with Gasteiger partial charge in [-0.1, -0.05) is 0 Å². The Kier molecular flexibility index (Phi) is 4.84. The molecule has 5 rings (SSSR count). The van der Waals surface area contributed by atoms with Crippen LogP contribution >= 0.6 is 0 Å². The van der Waals surface area contributed by atoms with Gasteiger partial charge in [-0.2, -0.15) is 0 Å². The Morgan fingerprint density at radius 3 is 2.34 bits per heavy atom. The van der Waals surface area contributed by atoms with E-state index in [1.807, 2.05) is 0 Å². The third-order valence-corrected chi connectivity index (χ3v) is 6.21. The molecule has 1 aromatic heterocycles. The summed E-state index contributed by atoms with van der Waals surface area (Å²) in [5, 5.41) is 4.10. The second kappa shape index (κ2) is 7.50. The Hall–Kier alpha value is -2.31. The number of fused-ring (bicyclic) bond motifs is 1. The quantitative estimate of drug-likeness (QED) is 0.612. The van der Waals surface area contributed by atoms with E-state index in [9.17, 15) is 13.2 Å². The van der Waals surface area contributed by atoms with Crippen molar-refractivity contribution in [3.05, 3.63) is 59.4 Å². The third kappa shape index (κ3) is 3.55. The lowest BCUT2D eigenvalue weighted by molar-refractivity contribution is -0.0312. The zero-order chi connectivity index (χ0) is 20.0. The fraction of sp³-hybridized carbons (Fsp3) is 0.391. The molecular formula is C23H23F3N2O. The summed E-state index contributed by atoms with van der Waals surface area (Å²) in [6.45, 7) is 3.61. The standard InChI is InChI=1S/C23H23F3N2O/c24-17-3-1-15(2-4-17)22-21(19-7-18(25)8-20(26)23(19)28-22)16-5-13(6-16)9-27-10-14-11-29-12-14/h1-4,7-8,13-14,16,27-28H,5-6,9-12H2. The van der Waals surface area contributed by atoms with Crippen LogP contribution in [0.3, 0.4) is 0 Å². The van der Waals surface area contributed by atoms with Crippen molar-refractivity contribution in [2.24, 2.45) is 11.8 Å². The Bertz CT molecular complexity index is 1020. The molecule has 2 N–H and O–H groups in total. The highest BCUT2D eigenvalue weighted by Crippen LogP contribution is 2.48. The largest absolute Gasteiger partial charge is 0.381 e. The second-order valence-corrected chi connectivity index (χ2v) is 8.33. The maximum Gasteiger partial charge on any atom is 0.150 e. The molecule has 3 aromatic rings. The molecule has 0 bridgehead atoms. The maximum atomic E-state index is 14.4. The van der Waals surface area contributed by atoms with Crippen LogP contribution in [0.5, 0.6) is 0 Å². The van der Waals surface area contributed by atoms with Gasteiger partial charge in [0.1, 0.15) is 17.5 Å². The molecule has 0 amide bonds. The van der Waals surface area contributed by atoms with Crippen molar-refractivity contribution in [2.75, 3.05) is 26.3 Å². The first-order valence-corrected chi connectivity index (χ1v) is 10.1. The summed E-state index contributed by atoms with van der Waals surface area (Å²) < 4.78 is 46.9. The average Bonchev–Trinajstić information content (AvgIpc) is 2.98. The van der Waals surface area contributed by atoms with Crippen molar-refractivity contribution in [1.82, 2.24) is 10.3 Å². The Morgan fingerprint density at radius 1 is 0.931 bits per heavy atom. The lowest BCUT2D eigenvalue weighted by Gasteiger charge is -2.37. The van der Waals surface area contributed by atoms with Crippen molar-refractivity contribution in [3.63, 3.8) is 0 Å². The Morgan fingerprint density at radius 2 is 1.66 bits per heavy atom. The third-order valence-electron chi connectivity index (χ3n) is 6.21. The fourth-order valence-corrected chi connectivity index (χ4v) is 4.54. The molecule has 1 saturated carbocycles. The van der Waals surface area contributed by atoms with E-state index in [1.165, 1.54) is 18.2 Å². The first-order valence-electron chi connectivity index (χ1n) is 10.1. The number of hydrogen-bond donors (Lipinski definition) is 2. The van der Waals surface area contributed by atoms with Crippen LogP contribution in [0.4, 0.5) is 13.2 Å². The molecule has 1 saturated heterocycles. The first kappa shape index (κ1) is 18.7. The van der Waals surface area contributed by atoms with Crippen LogP contribution in [0.15, 0.2) is 36.4 Å². The molecule has 1 aliphatic heterocycles. The van der Waals surface area contributed by atoms with Gasteiger partial charge in [-0.25, -0.2) is 13.2 Å². The summed E-state index contributed by atoms with van der Waals surface area (Å²) in [5.74, 6) is -0.115. The van der Waals surface area contributed by atoms with Gasteiger partial charge in [0.2, 0.25) is 0 Å². The Balaban J connectivity index is 1.41. The predicted octanol–water partition coefficient (Wildman–Crippen LogP) is 4.98. The fourth-order valence-electron chi connectivity index (χ4n) is 4.54. The van der Waals surface area contributed by atoms with Gasteiger partial charge in [-0.05, 0) is 72.7 Å². The summed E-state index contributed by atoms with van der Waals surface area (Å²) >= 11 is 0. The molecule has 2 fully saturated rings. The molecule has 0 atom stereocenters. The number of halogens is 3. The topological polar surface area (TPSA) is 37.0 Å². The minimum atomic E-state index is -0.602. The molecule has 0 radical (unpaired) electrons. The molecule has 152 valence electrons. The average molecular weight is 400 g/mol. The van der Waals surface area contributed by atoms with Crippen LogP contribution in [0, 0.1) is 29.3 Å². The van der Waals surface area contributed by atoms with E-state index in [1.54, 1.807) is 12.1 Å². The van der Waals surface area contributed by atoms with Crippen LogP contribution in [-0.2, 0) is 4.74 Å². The number of aromatic amines is 1. The summed E-state index contributed by atoms with van der Waals surface area (Å²) in [5.41, 5.74) is 2.79. The summed E-state index contributed by atoms with van der Waals surface area (Å²) in [7, 11) is 0. The molecule has 6 heteroatoms. The van der Waals surface area contributed by atoms with Crippen LogP contribution in [0.2, 0.25) is 0 Å². The van der Waals surface area contributed by atoms with E-state index in [0.29, 0.717) is 22.7 Å². The van der Waals surface area contributed by atoms with Gasteiger partial charge in [-0.15, -0.1) is 0 Å². The lowest BCUT2D eigenvalue weighted by atomic mass is 9.70. The van der Waals surface area contributed by atoms with Crippen molar-refractivity contribution in [2.45, 2.75) is 18.8 Å². The normalized spacial score (nSPS) is 21.9. The van der Waals surface area contributed by atoms with Crippen molar-refractivity contribution >= 4 is 10.9 Å². The molecule has 1 aliphatic carbocycles. The van der Waals surface area contributed by atoms with E-state index in [4.69, 9.17) is 4.74 Å². The first-order chi connectivity index (χ1) is 14.1. The van der Waals surface area contributed by atoms with Crippen molar-refractivity contribution in [3.8, 4) is 11.3 Å². The lowest BCUT2D eigenvalue weighted by Crippen LogP contribution is -2.40. The van der Waals surface area contributed by atoms with Crippen LogP contribution in [0.1, 0.15) is 24.3 Å². The Labute approximate surface area is 167 Å².